The molecule has 106 valence electrons. The van der Waals surface area contributed by atoms with Crippen LogP contribution in [0.4, 0.5) is 0 Å². The molecule has 0 saturated carbocycles. The summed E-state index contributed by atoms with van der Waals surface area (Å²) in [5.74, 6) is 0.0483. The van der Waals surface area contributed by atoms with E-state index in [1.54, 1.807) is 24.3 Å². The first-order valence-electron chi connectivity index (χ1n) is 6.56. The fraction of sp³-hybridized carbons (Fsp3) is 0.176. The van der Waals surface area contributed by atoms with Crippen molar-refractivity contribution >= 4 is 5.97 Å². The van der Waals surface area contributed by atoms with Crippen LogP contribution in [0.15, 0.2) is 54.6 Å². The molecule has 0 radical (unpaired) electrons. The zero-order valence-electron chi connectivity index (χ0n) is 11.7. The van der Waals surface area contributed by atoms with Crippen molar-refractivity contribution in [2.24, 2.45) is 0 Å². The van der Waals surface area contributed by atoms with E-state index in [0.29, 0.717) is 17.9 Å². The van der Waals surface area contributed by atoms with Gasteiger partial charge in [0, 0.05) is 0 Å². The Kier molecular flexibility index (Phi) is 4.94. The van der Waals surface area contributed by atoms with Crippen LogP contribution in [0.3, 0.4) is 0 Å². The SMILES string of the molecule is C[C@@H](C#N)OC(=O)c1cccc(OCc2ccccc2)c1. The number of ether oxygens (including phenoxy) is 2. The first-order valence-corrected chi connectivity index (χ1v) is 6.56. The van der Waals surface area contributed by atoms with E-state index in [4.69, 9.17) is 14.7 Å². The maximum absolute atomic E-state index is 11.8. The van der Waals surface area contributed by atoms with Crippen LogP contribution >= 0.6 is 0 Å². The molecule has 1 atom stereocenters. The minimum absolute atomic E-state index is 0.364. The van der Waals surface area contributed by atoms with Crippen LogP contribution in [0, 0.1) is 11.3 Å². The summed E-state index contributed by atoms with van der Waals surface area (Å²) in [6.07, 6.45) is -0.772. The molecule has 0 aliphatic rings. The van der Waals surface area contributed by atoms with Crippen molar-refractivity contribution in [1.82, 2.24) is 0 Å². The third-order valence-corrected chi connectivity index (χ3v) is 2.78. The highest BCUT2D eigenvalue weighted by molar-refractivity contribution is 5.90. The Labute approximate surface area is 123 Å². The standard InChI is InChI=1S/C17H15NO3/c1-13(11-18)21-17(19)15-8-5-9-16(10-15)20-12-14-6-3-2-4-7-14/h2-10,13H,12H2,1H3/t13-/m0/s1. The van der Waals surface area contributed by atoms with Gasteiger partial charge < -0.3 is 9.47 Å². The molecular formula is C17H15NO3. The second-order valence-electron chi connectivity index (χ2n) is 4.48. The summed E-state index contributed by atoms with van der Waals surface area (Å²) in [5, 5.41) is 8.64. The lowest BCUT2D eigenvalue weighted by Crippen LogP contribution is -2.13. The molecule has 0 heterocycles. The molecule has 4 heteroatoms. The van der Waals surface area contributed by atoms with Crippen molar-refractivity contribution in [3.8, 4) is 11.8 Å². The minimum atomic E-state index is -0.772. The topological polar surface area (TPSA) is 59.3 Å². The zero-order valence-corrected chi connectivity index (χ0v) is 11.7. The third kappa shape index (κ3) is 4.36. The third-order valence-electron chi connectivity index (χ3n) is 2.78. The normalized spacial score (nSPS) is 11.2. The van der Waals surface area contributed by atoms with E-state index < -0.39 is 12.1 Å². The van der Waals surface area contributed by atoms with E-state index in [1.807, 2.05) is 36.4 Å². The first kappa shape index (κ1) is 14.6. The highest BCUT2D eigenvalue weighted by atomic mass is 16.5. The maximum Gasteiger partial charge on any atom is 0.339 e. The van der Waals surface area contributed by atoms with Gasteiger partial charge in [0.1, 0.15) is 18.4 Å². The van der Waals surface area contributed by atoms with Crippen LogP contribution in [0.1, 0.15) is 22.8 Å². The Balaban J connectivity index is 2.01. The van der Waals surface area contributed by atoms with Gasteiger partial charge in [0.05, 0.1) is 5.56 Å². The van der Waals surface area contributed by atoms with E-state index in [-0.39, 0.29) is 0 Å². The molecule has 0 fully saturated rings. The summed E-state index contributed by atoms with van der Waals surface area (Å²) < 4.78 is 10.6. The molecule has 21 heavy (non-hydrogen) atoms. The van der Waals surface area contributed by atoms with E-state index in [0.717, 1.165) is 5.56 Å². The smallest absolute Gasteiger partial charge is 0.339 e. The van der Waals surface area contributed by atoms with E-state index >= 15 is 0 Å². The number of hydrogen-bond acceptors (Lipinski definition) is 4. The van der Waals surface area contributed by atoms with Crippen LogP contribution in [0.2, 0.25) is 0 Å². The molecule has 0 N–H and O–H groups in total. The van der Waals surface area contributed by atoms with E-state index in [9.17, 15) is 4.79 Å². The summed E-state index contributed by atoms with van der Waals surface area (Å²) >= 11 is 0. The monoisotopic (exact) mass is 281 g/mol. The lowest BCUT2D eigenvalue weighted by Gasteiger charge is -2.09. The Hall–Kier alpha value is -2.80. The second-order valence-corrected chi connectivity index (χ2v) is 4.48. The van der Waals surface area contributed by atoms with Crippen molar-refractivity contribution < 1.29 is 14.3 Å². The molecular weight excluding hydrogens is 266 g/mol. The average Bonchev–Trinajstić information content (AvgIpc) is 2.54. The number of nitriles is 1. The summed E-state index contributed by atoms with van der Waals surface area (Å²) in [6, 6.07) is 18.3. The molecule has 2 aromatic carbocycles. The lowest BCUT2D eigenvalue weighted by molar-refractivity contribution is 0.0435. The highest BCUT2D eigenvalue weighted by Gasteiger charge is 2.12. The van der Waals surface area contributed by atoms with Gasteiger partial charge in [-0.2, -0.15) is 5.26 Å². The molecule has 0 aromatic heterocycles. The molecule has 0 aliphatic carbocycles. The van der Waals surface area contributed by atoms with Gasteiger partial charge in [-0.1, -0.05) is 36.4 Å². The Morgan fingerprint density at radius 1 is 1.19 bits per heavy atom. The Morgan fingerprint density at radius 3 is 2.67 bits per heavy atom. The molecule has 0 unspecified atom stereocenters. The van der Waals surface area contributed by atoms with Gasteiger partial charge in [-0.05, 0) is 30.7 Å². The number of carbonyl (C=O) groups is 1. The Bertz CT molecular complexity index is 647. The van der Waals surface area contributed by atoms with E-state index in [2.05, 4.69) is 0 Å². The zero-order chi connectivity index (χ0) is 15.1. The summed E-state index contributed by atoms with van der Waals surface area (Å²) in [7, 11) is 0. The van der Waals surface area contributed by atoms with Crippen LogP contribution in [-0.4, -0.2) is 12.1 Å². The highest BCUT2D eigenvalue weighted by Crippen LogP contribution is 2.16. The number of carbonyl (C=O) groups excluding carboxylic acids is 1. The van der Waals surface area contributed by atoms with Gasteiger partial charge in [-0.25, -0.2) is 4.79 Å². The minimum Gasteiger partial charge on any atom is -0.489 e. The van der Waals surface area contributed by atoms with Gasteiger partial charge in [-0.3, -0.25) is 0 Å². The fourth-order valence-electron chi connectivity index (χ4n) is 1.71. The van der Waals surface area contributed by atoms with Gasteiger partial charge in [0.15, 0.2) is 6.10 Å². The summed E-state index contributed by atoms with van der Waals surface area (Å²) in [5.41, 5.74) is 1.41. The van der Waals surface area contributed by atoms with Gasteiger partial charge in [0.2, 0.25) is 0 Å². The number of rotatable bonds is 5. The van der Waals surface area contributed by atoms with Crippen molar-refractivity contribution in [3.63, 3.8) is 0 Å². The Morgan fingerprint density at radius 2 is 1.95 bits per heavy atom. The second kappa shape index (κ2) is 7.11. The lowest BCUT2D eigenvalue weighted by atomic mass is 10.2. The quantitative estimate of drug-likeness (QED) is 0.789. The van der Waals surface area contributed by atoms with Crippen LogP contribution in [0.5, 0.6) is 5.75 Å². The molecule has 0 spiro atoms. The molecule has 2 aromatic rings. The molecule has 0 bridgehead atoms. The van der Waals surface area contributed by atoms with Gasteiger partial charge >= 0.3 is 5.97 Å². The molecule has 4 nitrogen and oxygen atoms in total. The van der Waals surface area contributed by atoms with Crippen molar-refractivity contribution in [2.45, 2.75) is 19.6 Å². The largest absolute Gasteiger partial charge is 0.489 e. The number of esters is 1. The number of benzene rings is 2. The summed E-state index contributed by atoms with van der Waals surface area (Å²) in [6.45, 7) is 1.95. The van der Waals surface area contributed by atoms with Crippen LogP contribution in [-0.2, 0) is 11.3 Å². The van der Waals surface area contributed by atoms with Gasteiger partial charge in [0.25, 0.3) is 0 Å². The summed E-state index contributed by atoms with van der Waals surface area (Å²) in [4.78, 5) is 11.8. The molecule has 2 rings (SSSR count). The van der Waals surface area contributed by atoms with Crippen LogP contribution in [0.25, 0.3) is 0 Å². The number of hydrogen-bond donors (Lipinski definition) is 0. The van der Waals surface area contributed by atoms with Crippen LogP contribution < -0.4 is 4.74 Å². The first-order chi connectivity index (χ1) is 10.2. The molecule has 0 aliphatic heterocycles. The predicted octanol–water partition coefficient (Wildman–Crippen LogP) is 3.33. The van der Waals surface area contributed by atoms with Crippen molar-refractivity contribution in [2.75, 3.05) is 0 Å². The number of nitrogens with zero attached hydrogens (tertiary/aromatic N) is 1. The molecule has 0 amide bonds. The predicted molar refractivity (Wildman–Crippen MR) is 77.7 cm³/mol. The average molecular weight is 281 g/mol. The maximum atomic E-state index is 11.8. The molecule has 0 saturated heterocycles. The van der Waals surface area contributed by atoms with Crippen molar-refractivity contribution in [1.29, 1.82) is 5.26 Å². The van der Waals surface area contributed by atoms with Crippen molar-refractivity contribution in [3.05, 3.63) is 65.7 Å². The fourth-order valence-corrected chi connectivity index (χ4v) is 1.71. The van der Waals surface area contributed by atoms with Gasteiger partial charge in [-0.15, -0.1) is 0 Å². The van der Waals surface area contributed by atoms with E-state index in [1.165, 1.54) is 6.92 Å².